The van der Waals surface area contributed by atoms with Gasteiger partial charge in [-0.1, -0.05) is 24.8 Å². The van der Waals surface area contributed by atoms with Crippen LogP contribution < -0.4 is 0 Å². The lowest BCUT2D eigenvalue weighted by atomic mass is 10.0. The molecule has 0 aromatic heterocycles. The molecule has 0 atom stereocenters. The Labute approximate surface area is 137 Å². The zero-order valence-electron chi connectivity index (χ0n) is 12.1. The average molecular weight is 392 g/mol. The SMILES string of the molecule is C=Cc1cccc(C(=O)OC(CS(=O)(=O)O)(C(F)(F)F)C(F)(F)F)c1. The first-order valence-electron chi connectivity index (χ1n) is 6.17. The summed E-state index contributed by atoms with van der Waals surface area (Å²) in [4.78, 5) is 11.8. The molecule has 0 aliphatic carbocycles. The molecule has 12 heteroatoms. The van der Waals surface area contributed by atoms with Crippen molar-refractivity contribution in [1.29, 1.82) is 0 Å². The maximum atomic E-state index is 13.0. The van der Waals surface area contributed by atoms with E-state index in [1.807, 2.05) is 0 Å². The number of esters is 1. The van der Waals surface area contributed by atoms with Gasteiger partial charge in [0.25, 0.3) is 10.1 Å². The molecular formula is C13H10F6O5S. The molecule has 1 N–H and O–H groups in total. The summed E-state index contributed by atoms with van der Waals surface area (Å²) in [6.07, 6.45) is -11.6. The van der Waals surface area contributed by atoms with Crippen molar-refractivity contribution in [2.24, 2.45) is 0 Å². The van der Waals surface area contributed by atoms with Crippen LogP contribution in [0.25, 0.3) is 6.08 Å². The van der Waals surface area contributed by atoms with Gasteiger partial charge in [0.05, 0.1) is 5.56 Å². The Bertz CT molecular complexity index is 752. The number of carbonyl (C=O) groups excluding carboxylic acids is 1. The van der Waals surface area contributed by atoms with Crippen molar-refractivity contribution in [2.75, 3.05) is 5.75 Å². The van der Waals surface area contributed by atoms with Crippen LogP contribution in [0.15, 0.2) is 30.8 Å². The summed E-state index contributed by atoms with van der Waals surface area (Å²) in [5, 5.41) is 0. The van der Waals surface area contributed by atoms with Crippen molar-refractivity contribution in [1.82, 2.24) is 0 Å². The van der Waals surface area contributed by atoms with E-state index in [1.54, 1.807) is 0 Å². The standard InChI is InChI=1S/C13H10F6O5S/c1-2-8-4-3-5-9(6-8)10(20)24-11(12(14,15)16,13(17,18)19)7-25(21,22)23/h2-6H,1,7H2,(H,21,22,23). The van der Waals surface area contributed by atoms with Crippen LogP contribution in [0.2, 0.25) is 0 Å². The van der Waals surface area contributed by atoms with Crippen LogP contribution in [-0.4, -0.2) is 42.6 Å². The summed E-state index contributed by atoms with van der Waals surface area (Å²) in [5.41, 5.74) is -5.95. The Kier molecular flexibility index (Phi) is 5.59. The highest BCUT2D eigenvalue weighted by molar-refractivity contribution is 7.85. The number of ether oxygens (including phenoxy) is 1. The maximum Gasteiger partial charge on any atom is 0.438 e. The van der Waals surface area contributed by atoms with Crippen molar-refractivity contribution in [3.8, 4) is 0 Å². The van der Waals surface area contributed by atoms with Crippen molar-refractivity contribution < 1.29 is 48.8 Å². The first-order valence-corrected chi connectivity index (χ1v) is 7.78. The molecule has 0 saturated carbocycles. The average Bonchev–Trinajstić information content (AvgIpc) is 2.42. The number of alkyl halides is 6. The summed E-state index contributed by atoms with van der Waals surface area (Å²) in [7, 11) is -5.82. The Morgan fingerprint density at radius 2 is 1.68 bits per heavy atom. The van der Waals surface area contributed by atoms with E-state index in [0.29, 0.717) is 0 Å². The highest BCUT2D eigenvalue weighted by Crippen LogP contribution is 2.47. The van der Waals surface area contributed by atoms with Crippen LogP contribution in [0.4, 0.5) is 26.3 Å². The Morgan fingerprint density at radius 3 is 2.08 bits per heavy atom. The minimum Gasteiger partial charge on any atom is -0.435 e. The van der Waals surface area contributed by atoms with Gasteiger partial charge in [-0.2, -0.15) is 34.8 Å². The summed E-state index contributed by atoms with van der Waals surface area (Å²) >= 11 is 0. The van der Waals surface area contributed by atoms with Gasteiger partial charge >= 0.3 is 23.9 Å². The molecule has 0 aliphatic heterocycles. The first-order chi connectivity index (χ1) is 11.1. The van der Waals surface area contributed by atoms with Crippen LogP contribution in [0, 0.1) is 0 Å². The zero-order chi connectivity index (χ0) is 19.7. The van der Waals surface area contributed by atoms with E-state index >= 15 is 0 Å². The fourth-order valence-electron chi connectivity index (χ4n) is 1.74. The van der Waals surface area contributed by atoms with Crippen molar-refractivity contribution >= 4 is 22.2 Å². The second-order valence-electron chi connectivity index (χ2n) is 4.77. The Morgan fingerprint density at radius 1 is 1.16 bits per heavy atom. The predicted octanol–water partition coefficient (Wildman–Crippen LogP) is 3.24. The third-order valence-electron chi connectivity index (χ3n) is 2.93. The van der Waals surface area contributed by atoms with Crippen molar-refractivity contribution in [2.45, 2.75) is 18.0 Å². The highest BCUT2D eigenvalue weighted by atomic mass is 32.2. The Balaban J connectivity index is 3.46. The molecule has 0 bridgehead atoms. The second kappa shape index (κ2) is 6.67. The van der Waals surface area contributed by atoms with Crippen molar-refractivity contribution in [3.63, 3.8) is 0 Å². The van der Waals surface area contributed by atoms with E-state index in [9.17, 15) is 39.6 Å². The predicted molar refractivity (Wildman–Crippen MR) is 73.2 cm³/mol. The molecule has 0 spiro atoms. The quantitative estimate of drug-likeness (QED) is 0.473. The molecule has 0 fully saturated rings. The minimum atomic E-state index is -6.37. The third-order valence-corrected chi connectivity index (χ3v) is 3.70. The lowest BCUT2D eigenvalue weighted by Crippen LogP contribution is -2.63. The van der Waals surface area contributed by atoms with Crippen LogP contribution in [-0.2, 0) is 14.9 Å². The molecule has 1 aromatic carbocycles. The third kappa shape index (κ3) is 4.72. The number of halogens is 6. The number of carbonyl (C=O) groups is 1. The van der Waals surface area contributed by atoms with E-state index in [-0.39, 0.29) is 5.56 Å². The molecule has 0 heterocycles. The van der Waals surface area contributed by atoms with Gasteiger partial charge in [-0.05, 0) is 17.7 Å². The van der Waals surface area contributed by atoms with Crippen LogP contribution in [0.5, 0.6) is 0 Å². The molecule has 140 valence electrons. The van der Waals surface area contributed by atoms with Crippen LogP contribution in [0.3, 0.4) is 0 Å². The normalized spacial score (nSPS) is 13.4. The zero-order valence-corrected chi connectivity index (χ0v) is 12.9. The maximum absolute atomic E-state index is 13.0. The molecule has 25 heavy (non-hydrogen) atoms. The molecule has 0 amide bonds. The van der Waals surface area contributed by atoms with Crippen molar-refractivity contribution in [3.05, 3.63) is 42.0 Å². The van der Waals surface area contributed by atoms with Gasteiger partial charge in [0, 0.05) is 0 Å². The van der Waals surface area contributed by atoms with E-state index in [1.165, 1.54) is 6.07 Å². The summed E-state index contributed by atoms with van der Waals surface area (Å²) in [6, 6.07) is 4.24. The summed E-state index contributed by atoms with van der Waals surface area (Å²) < 4.78 is 112. The smallest absolute Gasteiger partial charge is 0.435 e. The monoisotopic (exact) mass is 392 g/mol. The molecule has 1 rings (SSSR count). The summed E-state index contributed by atoms with van der Waals surface area (Å²) in [6.45, 7) is 3.31. The number of benzene rings is 1. The molecule has 1 aromatic rings. The number of hydrogen-bond donors (Lipinski definition) is 1. The second-order valence-corrected chi connectivity index (χ2v) is 6.22. The first kappa shape index (κ1) is 21.0. The molecule has 0 saturated heterocycles. The van der Waals surface area contributed by atoms with E-state index < -0.39 is 45.4 Å². The summed E-state index contributed by atoms with van der Waals surface area (Å²) in [5.74, 6) is -5.01. The van der Waals surface area contributed by atoms with Crippen LogP contribution in [0.1, 0.15) is 15.9 Å². The molecule has 0 unspecified atom stereocenters. The Hall–Kier alpha value is -2.08. The van der Waals surface area contributed by atoms with Gasteiger partial charge in [0.15, 0.2) is 0 Å². The lowest BCUT2D eigenvalue weighted by molar-refractivity contribution is -0.356. The largest absolute Gasteiger partial charge is 0.438 e. The molecule has 0 aliphatic rings. The molecular weight excluding hydrogens is 382 g/mol. The van der Waals surface area contributed by atoms with Crippen LogP contribution >= 0.6 is 0 Å². The number of rotatable bonds is 5. The van der Waals surface area contributed by atoms with Gasteiger partial charge < -0.3 is 4.74 Å². The van der Waals surface area contributed by atoms with E-state index in [0.717, 1.165) is 24.3 Å². The molecule has 0 radical (unpaired) electrons. The van der Waals surface area contributed by atoms with E-state index in [4.69, 9.17) is 4.55 Å². The van der Waals surface area contributed by atoms with Gasteiger partial charge in [0.2, 0.25) is 0 Å². The van der Waals surface area contributed by atoms with Gasteiger partial charge in [0.1, 0.15) is 5.75 Å². The van der Waals surface area contributed by atoms with Gasteiger partial charge in [-0.15, -0.1) is 0 Å². The van der Waals surface area contributed by atoms with Gasteiger partial charge in [-0.3, -0.25) is 4.55 Å². The van der Waals surface area contributed by atoms with E-state index in [2.05, 4.69) is 11.3 Å². The minimum absolute atomic E-state index is 0.189. The fourth-order valence-corrected chi connectivity index (χ4v) is 2.64. The fraction of sp³-hybridized carbons (Fsp3) is 0.308. The van der Waals surface area contributed by atoms with Gasteiger partial charge in [-0.25, -0.2) is 4.79 Å². The lowest BCUT2D eigenvalue weighted by Gasteiger charge is -2.35. The molecule has 5 nitrogen and oxygen atoms in total. The topological polar surface area (TPSA) is 80.7 Å². The number of hydrogen-bond acceptors (Lipinski definition) is 4. The highest BCUT2D eigenvalue weighted by Gasteiger charge is 2.76.